The molecule has 0 aromatic heterocycles. The number of ether oxygens (including phenoxy) is 2. The molecule has 2 rings (SSSR count). The zero-order valence-electron chi connectivity index (χ0n) is 10.7. The van der Waals surface area contributed by atoms with Crippen LogP contribution in [0.2, 0.25) is 0 Å². The minimum atomic E-state index is -0.237. The van der Waals surface area contributed by atoms with Crippen molar-refractivity contribution in [1.82, 2.24) is 0 Å². The topological polar surface area (TPSA) is 44.5 Å². The van der Waals surface area contributed by atoms with E-state index in [0.717, 1.165) is 45.5 Å². The Morgan fingerprint density at radius 3 is 2.00 bits per heavy atom. The number of rotatable bonds is 3. The average molecular weight is 300 g/mol. The molecule has 1 saturated carbocycles. The van der Waals surface area contributed by atoms with Crippen LogP contribution in [0.1, 0.15) is 29.5 Å². The van der Waals surface area contributed by atoms with Crippen molar-refractivity contribution in [3.05, 3.63) is 21.2 Å². The lowest BCUT2D eigenvalue weighted by Crippen LogP contribution is -2.22. The Hall–Kier alpha value is -0.740. The Bertz CT molecular complexity index is 467. The maximum Gasteiger partial charge on any atom is 0.166 e. The molecule has 3 nitrogen and oxygen atoms in total. The van der Waals surface area contributed by atoms with Crippen LogP contribution in [0.15, 0.2) is 4.47 Å². The molecule has 1 aliphatic carbocycles. The van der Waals surface area contributed by atoms with E-state index in [9.17, 15) is 0 Å². The van der Waals surface area contributed by atoms with Gasteiger partial charge in [0.05, 0.1) is 14.2 Å². The van der Waals surface area contributed by atoms with Crippen molar-refractivity contribution in [2.75, 3.05) is 14.2 Å². The van der Waals surface area contributed by atoms with Gasteiger partial charge in [0.2, 0.25) is 0 Å². The molecule has 94 valence electrons. The van der Waals surface area contributed by atoms with E-state index in [1.807, 2.05) is 6.92 Å². The number of hydrogen-bond donors (Lipinski definition) is 1. The lowest BCUT2D eigenvalue weighted by Gasteiger charge is -2.23. The molecule has 1 aliphatic rings. The third-order valence-corrected chi connectivity index (χ3v) is 4.69. The summed E-state index contributed by atoms with van der Waals surface area (Å²) >= 11 is 3.61. The molecule has 1 aromatic carbocycles. The summed E-state index contributed by atoms with van der Waals surface area (Å²) < 4.78 is 12.0. The molecule has 0 aliphatic heterocycles. The van der Waals surface area contributed by atoms with Crippen LogP contribution in [0.5, 0.6) is 11.5 Å². The molecule has 0 heterocycles. The van der Waals surface area contributed by atoms with Crippen molar-refractivity contribution < 1.29 is 9.47 Å². The minimum absolute atomic E-state index is 0.237. The highest BCUT2D eigenvalue weighted by Crippen LogP contribution is 2.53. The van der Waals surface area contributed by atoms with Gasteiger partial charge in [-0.05, 0) is 32.3 Å². The van der Waals surface area contributed by atoms with Crippen LogP contribution >= 0.6 is 15.9 Å². The molecule has 0 bridgehead atoms. The highest BCUT2D eigenvalue weighted by molar-refractivity contribution is 9.10. The van der Waals surface area contributed by atoms with Crippen molar-refractivity contribution in [1.29, 1.82) is 0 Å². The molecule has 0 spiro atoms. The monoisotopic (exact) mass is 299 g/mol. The predicted octanol–water partition coefficient (Wildman–Crippen LogP) is 3.03. The summed E-state index contributed by atoms with van der Waals surface area (Å²) in [6.07, 6.45) is 2.01. The van der Waals surface area contributed by atoms with Crippen LogP contribution < -0.4 is 15.2 Å². The van der Waals surface area contributed by atoms with Gasteiger partial charge < -0.3 is 15.2 Å². The summed E-state index contributed by atoms with van der Waals surface area (Å²) in [4.78, 5) is 0. The van der Waals surface area contributed by atoms with E-state index < -0.39 is 0 Å². The summed E-state index contributed by atoms with van der Waals surface area (Å²) in [5, 5.41) is 0. The zero-order valence-corrected chi connectivity index (χ0v) is 12.3. The SMILES string of the molecule is COc1c(C)c(Br)c(C)c(C2(N)CC2)c1OC. The zero-order chi connectivity index (χ0) is 12.8. The van der Waals surface area contributed by atoms with E-state index in [-0.39, 0.29) is 5.54 Å². The number of halogens is 1. The number of benzene rings is 1. The Morgan fingerprint density at radius 1 is 1.06 bits per heavy atom. The van der Waals surface area contributed by atoms with E-state index in [2.05, 4.69) is 22.9 Å². The minimum Gasteiger partial charge on any atom is -0.493 e. The first kappa shape index (κ1) is 12.7. The Morgan fingerprint density at radius 2 is 1.59 bits per heavy atom. The quantitative estimate of drug-likeness (QED) is 0.933. The van der Waals surface area contributed by atoms with Gasteiger partial charge in [-0.15, -0.1) is 0 Å². The summed E-state index contributed by atoms with van der Waals surface area (Å²) in [5.74, 6) is 1.56. The molecule has 2 N–H and O–H groups in total. The molecule has 1 aromatic rings. The van der Waals surface area contributed by atoms with Gasteiger partial charge in [-0.1, -0.05) is 15.9 Å². The lowest BCUT2D eigenvalue weighted by molar-refractivity contribution is 0.346. The molecular formula is C13H18BrNO2. The molecule has 0 saturated heterocycles. The fourth-order valence-corrected chi connectivity index (χ4v) is 2.75. The molecule has 0 atom stereocenters. The number of hydrogen-bond acceptors (Lipinski definition) is 3. The van der Waals surface area contributed by atoms with Crippen LogP contribution in [-0.2, 0) is 5.54 Å². The molecule has 0 amide bonds. The van der Waals surface area contributed by atoms with Crippen LogP contribution in [0.4, 0.5) is 0 Å². The molecule has 4 heteroatoms. The van der Waals surface area contributed by atoms with E-state index in [0.29, 0.717) is 0 Å². The maximum absolute atomic E-state index is 6.33. The van der Waals surface area contributed by atoms with Crippen LogP contribution in [-0.4, -0.2) is 14.2 Å². The van der Waals surface area contributed by atoms with Crippen LogP contribution in [0.3, 0.4) is 0 Å². The van der Waals surface area contributed by atoms with Gasteiger partial charge in [-0.2, -0.15) is 0 Å². The average Bonchev–Trinajstić information content (AvgIpc) is 3.04. The molecule has 1 fully saturated rings. The third-order valence-electron chi connectivity index (χ3n) is 3.50. The van der Waals surface area contributed by atoms with Crippen molar-refractivity contribution in [2.45, 2.75) is 32.2 Å². The normalized spacial score (nSPS) is 16.8. The standard InChI is InChI=1S/C13H18BrNO2/c1-7-9(13(15)5-6-13)12(17-4)11(16-3)8(2)10(7)14/h5-6,15H2,1-4H3. The van der Waals surface area contributed by atoms with Gasteiger partial charge in [0.1, 0.15) is 0 Å². The number of methoxy groups -OCH3 is 2. The first-order valence-electron chi connectivity index (χ1n) is 5.66. The molecular weight excluding hydrogens is 282 g/mol. The smallest absolute Gasteiger partial charge is 0.166 e. The Balaban J connectivity index is 2.76. The van der Waals surface area contributed by atoms with Gasteiger partial charge in [0, 0.05) is 21.1 Å². The maximum atomic E-state index is 6.33. The second kappa shape index (κ2) is 4.18. The van der Waals surface area contributed by atoms with Crippen molar-refractivity contribution in [2.24, 2.45) is 5.73 Å². The largest absolute Gasteiger partial charge is 0.493 e. The Kier molecular flexibility index (Phi) is 3.12. The highest BCUT2D eigenvalue weighted by atomic mass is 79.9. The Labute approximate surface area is 110 Å². The summed E-state index contributed by atoms with van der Waals surface area (Å²) in [7, 11) is 3.33. The summed E-state index contributed by atoms with van der Waals surface area (Å²) in [6, 6.07) is 0. The summed E-state index contributed by atoms with van der Waals surface area (Å²) in [6.45, 7) is 4.08. The van der Waals surface area contributed by atoms with Crippen molar-refractivity contribution in [3.63, 3.8) is 0 Å². The van der Waals surface area contributed by atoms with Gasteiger partial charge in [0.15, 0.2) is 11.5 Å². The van der Waals surface area contributed by atoms with Crippen molar-refractivity contribution >= 4 is 15.9 Å². The second-order valence-electron chi connectivity index (χ2n) is 4.66. The summed E-state index contributed by atoms with van der Waals surface area (Å²) in [5.41, 5.74) is 9.38. The van der Waals surface area contributed by atoms with E-state index in [1.54, 1.807) is 14.2 Å². The first-order valence-corrected chi connectivity index (χ1v) is 6.45. The highest BCUT2D eigenvalue weighted by Gasteiger charge is 2.45. The van der Waals surface area contributed by atoms with Crippen molar-refractivity contribution in [3.8, 4) is 11.5 Å². The van der Waals surface area contributed by atoms with E-state index in [4.69, 9.17) is 15.2 Å². The van der Waals surface area contributed by atoms with Crippen LogP contribution in [0, 0.1) is 13.8 Å². The fraction of sp³-hybridized carbons (Fsp3) is 0.538. The molecule has 0 unspecified atom stereocenters. The van der Waals surface area contributed by atoms with Gasteiger partial charge in [-0.25, -0.2) is 0 Å². The van der Waals surface area contributed by atoms with Crippen LogP contribution in [0.25, 0.3) is 0 Å². The lowest BCUT2D eigenvalue weighted by atomic mass is 9.95. The first-order chi connectivity index (χ1) is 7.96. The molecule has 0 radical (unpaired) electrons. The molecule has 17 heavy (non-hydrogen) atoms. The third kappa shape index (κ3) is 1.83. The second-order valence-corrected chi connectivity index (χ2v) is 5.45. The van der Waals surface area contributed by atoms with Gasteiger partial charge >= 0.3 is 0 Å². The van der Waals surface area contributed by atoms with Gasteiger partial charge in [-0.3, -0.25) is 0 Å². The number of nitrogens with two attached hydrogens (primary N) is 1. The van der Waals surface area contributed by atoms with E-state index in [1.165, 1.54) is 0 Å². The van der Waals surface area contributed by atoms with E-state index >= 15 is 0 Å². The fourth-order valence-electron chi connectivity index (χ4n) is 2.37. The predicted molar refractivity (Wildman–Crippen MR) is 71.8 cm³/mol. The van der Waals surface area contributed by atoms with Gasteiger partial charge in [0.25, 0.3) is 0 Å².